The maximum atomic E-state index is 12.1. The molecule has 0 aromatic heterocycles. The fraction of sp³-hybridized carbons (Fsp3) is 0.588. The second-order valence-corrected chi connectivity index (χ2v) is 5.24. The summed E-state index contributed by atoms with van der Waals surface area (Å²) in [6.45, 7) is 5.27. The molecule has 1 unspecified atom stereocenters. The molecule has 0 fully saturated rings. The van der Waals surface area contributed by atoms with Crippen molar-refractivity contribution in [3.05, 3.63) is 35.9 Å². The monoisotopic (exact) mass is 312 g/mol. The number of hydrogen-bond acceptors (Lipinski definition) is 2. The molecule has 1 rings (SSSR count). The summed E-state index contributed by atoms with van der Waals surface area (Å²) in [6.07, 6.45) is 3.62. The van der Waals surface area contributed by atoms with Crippen LogP contribution in [0.25, 0.3) is 0 Å². The van der Waals surface area contributed by atoms with E-state index in [1.54, 1.807) is 0 Å². The van der Waals surface area contributed by atoms with Gasteiger partial charge in [-0.15, -0.1) is 12.4 Å². The molecule has 21 heavy (non-hydrogen) atoms. The second-order valence-electron chi connectivity index (χ2n) is 5.24. The molecular formula is C17H29ClN2O. The van der Waals surface area contributed by atoms with Crippen molar-refractivity contribution in [3.63, 3.8) is 0 Å². The SMILES string of the molecule is CCC(CC)C(NC(=O)CCCNC)c1ccccc1.Cl. The average molecular weight is 313 g/mol. The molecule has 0 saturated heterocycles. The molecule has 1 atom stereocenters. The summed E-state index contributed by atoms with van der Waals surface area (Å²) in [6, 6.07) is 10.4. The molecular weight excluding hydrogens is 284 g/mol. The highest BCUT2D eigenvalue weighted by Gasteiger charge is 2.21. The third kappa shape index (κ3) is 6.96. The van der Waals surface area contributed by atoms with Gasteiger partial charge in [-0.2, -0.15) is 0 Å². The maximum absolute atomic E-state index is 12.1. The molecule has 1 aromatic rings. The highest BCUT2D eigenvalue weighted by atomic mass is 35.5. The number of halogens is 1. The molecule has 0 aliphatic carbocycles. The normalized spacial score (nSPS) is 11.8. The maximum Gasteiger partial charge on any atom is 0.220 e. The third-order valence-corrected chi connectivity index (χ3v) is 3.83. The Balaban J connectivity index is 0.00000400. The summed E-state index contributed by atoms with van der Waals surface area (Å²) in [7, 11) is 1.91. The Morgan fingerprint density at radius 3 is 2.29 bits per heavy atom. The third-order valence-electron chi connectivity index (χ3n) is 3.83. The van der Waals surface area contributed by atoms with Crippen molar-refractivity contribution >= 4 is 18.3 Å². The van der Waals surface area contributed by atoms with Gasteiger partial charge in [-0.1, -0.05) is 57.0 Å². The van der Waals surface area contributed by atoms with Gasteiger partial charge in [0.1, 0.15) is 0 Å². The van der Waals surface area contributed by atoms with Crippen molar-refractivity contribution in [2.75, 3.05) is 13.6 Å². The number of nitrogens with one attached hydrogen (secondary N) is 2. The molecule has 0 radical (unpaired) electrons. The summed E-state index contributed by atoms with van der Waals surface area (Å²) in [5, 5.41) is 6.30. The first-order valence-corrected chi connectivity index (χ1v) is 7.71. The fourth-order valence-electron chi connectivity index (χ4n) is 2.57. The molecule has 1 amide bonds. The molecule has 0 heterocycles. The molecule has 0 bridgehead atoms. The Labute approximate surface area is 135 Å². The van der Waals surface area contributed by atoms with Gasteiger partial charge in [0.25, 0.3) is 0 Å². The van der Waals surface area contributed by atoms with Gasteiger partial charge in [0.05, 0.1) is 6.04 Å². The zero-order valence-corrected chi connectivity index (χ0v) is 14.2. The lowest BCUT2D eigenvalue weighted by Crippen LogP contribution is -2.33. The van der Waals surface area contributed by atoms with Crippen LogP contribution in [0.1, 0.15) is 51.1 Å². The van der Waals surface area contributed by atoms with Crippen LogP contribution in [0.4, 0.5) is 0 Å². The van der Waals surface area contributed by atoms with Crippen molar-refractivity contribution in [1.29, 1.82) is 0 Å². The van der Waals surface area contributed by atoms with E-state index in [0.29, 0.717) is 12.3 Å². The number of rotatable bonds is 9. The van der Waals surface area contributed by atoms with E-state index in [9.17, 15) is 4.79 Å². The summed E-state index contributed by atoms with van der Waals surface area (Å²) >= 11 is 0. The standard InChI is InChI=1S/C17H28N2O.ClH/c1-4-14(5-2)17(15-10-7-6-8-11-15)19-16(20)12-9-13-18-3;/h6-8,10-11,14,17-18H,4-5,9,12-13H2,1-3H3,(H,19,20);1H. The largest absolute Gasteiger partial charge is 0.349 e. The molecule has 0 aliphatic rings. The van der Waals surface area contributed by atoms with Gasteiger partial charge in [0.2, 0.25) is 5.91 Å². The van der Waals surface area contributed by atoms with Crippen molar-refractivity contribution in [2.45, 2.75) is 45.6 Å². The van der Waals surface area contributed by atoms with Gasteiger partial charge in [0.15, 0.2) is 0 Å². The first-order valence-electron chi connectivity index (χ1n) is 7.71. The quantitative estimate of drug-likeness (QED) is 0.683. The summed E-state index contributed by atoms with van der Waals surface area (Å²) in [4.78, 5) is 12.1. The van der Waals surface area contributed by atoms with Crippen LogP contribution in [-0.2, 0) is 4.79 Å². The van der Waals surface area contributed by atoms with E-state index in [4.69, 9.17) is 0 Å². The van der Waals surface area contributed by atoms with Gasteiger partial charge in [-0.3, -0.25) is 4.79 Å². The molecule has 0 spiro atoms. The van der Waals surface area contributed by atoms with Crippen LogP contribution in [0.3, 0.4) is 0 Å². The molecule has 120 valence electrons. The van der Waals surface area contributed by atoms with E-state index >= 15 is 0 Å². The van der Waals surface area contributed by atoms with E-state index < -0.39 is 0 Å². The van der Waals surface area contributed by atoms with Gasteiger partial charge >= 0.3 is 0 Å². The Morgan fingerprint density at radius 2 is 1.76 bits per heavy atom. The number of carbonyl (C=O) groups is 1. The fourth-order valence-corrected chi connectivity index (χ4v) is 2.57. The minimum absolute atomic E-state index is 0. The van der Waals surface area contributed by atoms with Crippen LogP contribution >= 0.6 is 12.4 Å². The summed E-state index contributed by atoms with van der Waals surface area (Å²) in [5.41, 5.74) is 1.21. The highest BCUT2D eigenvalue weighted by molar-refractivity contribution is 5.85. The minimum Gasteiger partial charge on any atom is -0.349 e. The predicted molar refractivity (Wildman–Crippen MR) is 91.8 cm³/mol. The van der Waals surface area contributed by atoms with E-state index in [0.717, 1.165) is 25.8 Å². The summed E-state index contributed by atoms with van der Waals surface area (Å²) < 4.78 is 0. The van der Waals surface area contributed by atoms with Crippen LogP contribution in [0.2, 0.25) is 0 Å². The van der Waals surface area contributed by atoms with Crippen LogP contribution in [-0.4, -0.2) is 19.5 Å². The molecule has 0 aliphatic heterocycles. The average Bonchev–Trinajstić information content (AvgIpc) is 2.48. The molecule has 3 nitrogen and oxygen atoms in total. The highest BCUT2D eigenvalue weighted by Crippen LogP contribution is 2.27. The molecule has 1 aromatic carbocycles. The Morgan fingerprint density at radius 1 is 1.14 bits per heavy atom. The molecule has 4 heteroatoms. The Kier molecular flexibility index (Phi) is 11.0. The Bertz CT molecular complexity index is 380. The second kappa shape index (κ2) is 11.6. The Hall–Kier alpha value is -1.06. The zero-order chi connectivity index (χ0) is 14.8. The topological polar surface area (TPSA) is 41.1 Å². The van der Waals surface area contributed by atoms with Crippen molar-refractivity contribution in [3.8, 4) is 0 Å². The van der Waals surface area contributed by atoms with Gasteiger partial charge < -0.3 is 10.6 Å². The van der Waals surface area contributed by atoms with Crippen molar-refractivity contribution in [2.24, 2.45) is 5.92 Å². The van der Waals surface area contributed by atoms with Gasteiger partial charge in [-0.25, -0.2) is 0 Å². The van der Waals surface area contributed by atoms with Gasteiger partial charge in [-0.05, 0) is 31.5 Å². The lowest BCUT2D eigenvalue weighted by molar-refractivity contribution is -0.122. The lowest BCUT2D eigenvalue weighted by atomic mass is 9.88. The predicted octanol–water partition coefficient (Wildman–Crippen LogP) is 3.70. The van der Waals surface area contributed by atoms with E-state index in [1.807, 2.05) is 25.2 Å². The van der Waals surface area contributed by atoms with Crippen LogP contribution in [0.5, 0.6) is 0 Å². The lowest BCUT2D eigenvalue weighted by Gasteiger charge is -2.27. The van der Waals surface area contributed by atoms with Crippen molar-refractivity contribution in [1.82, 2.24) is 10.6 Å². The molecule has 2 N–H and O–H groups in total. The van der Waals surface area contributed by atoms with Crippen molar-refractivity contribution < 1.29 is 4.79 Å². The number of benzene rings is 1. The first kappa shape index (κ1) is 19.9. The van der Waals surface area contributed by atoms with E-state index in [1.165, 1.54) is 5.56 Å². The van der Waals surface area contributed by atoms with E-state index in [-0.39, 0.29) is 24.4 Å². The van der Waals surface area contributed by atoms with Gasteiger partial charge in [0, 0.05) is 6.42 Å². The number of hydrogen-bond donors (Lipinski definition) is 2. The van der Waals surface area contributed by atoms with E-state index in [2.05, 4.69) is 36.6 Å². The van der Waals surface area contributed by atoms with Crippen LogP contribution < -0.4 is 10.6 Å². The zero-order valence-electron chi connectivity index (χ0n) is 13.4. The summed E-state index contributed by atoms with van der Waals surface area (Å²) in [5.74, 6) is 0.645. The molecule has 0 saturated carbocycles. The first-order chi connectivity index (χ1) is 9.72. The van der Waals surface area contributed by atoms with Crippen LogP contribution in [0.15, 0.2) is 30.3 Å². The van der Waals surface area contributed by atoms with Crippen LogP contribution in [0, 0.1) is 5.92 Å². The number of carbonyl (C=O) groups excluding carboxylic acids is 1. The minimum atomic E-state index is 0. The smallest absolute Gasteiger partial charge is 0.220 e. The number of amides is 1.